The van der Waals surface area contributed by atoms with E-state index in [0.29, 0.717) is 5.16 Å². The summed E-state index contributed by atoms with van der Waals surface area (Å²) in [5, 5.41) is 11.2. The van der Waals surface area contributed by atoms with Gasteiger partial charge in [0.15, 0.2) is 5.16 Å². The zero-order chi connectivity index (χ0) is 20.9. The molecule has 0 amide bonds. The molecule has 6 heteroatoms. The molecule has 2 aromatic carbocycles. The van der Waals surface area contributed by atoms with Crippen molar-refractivity contribution in [1.29, 1.82) is 0 Å². The van der Waals surface area contributed by atoms with E-state index < -0.39 is 6.10 Å². The summed E-state index contributed by atoms with van der Waals surface area (Å²) < 4.78 is 0. The average molecular weight is 451 g/mol. The van der Waals surface area contributed by atoms with Gasteiger partial charge in [-0.05, 0) is 78.4 Å². The fourth-order valence-corrected chi connectivity index (χ4v) is 4.73. The van der Waals surface area contributed by atoms with Crippen LogP contribution < -0.4 is 0 Å². The number of benzene rings is 2. The van der Waals surface area contributed by atoms with Gasteiger partial charge in [-0.25, -0.2) is 9.97 Å². The molecule has 0 bridgehead atoms. The van der Waals surface area contributed by atoms with E-state index in [1.54, 1.807) is 24.5 Å². The second-order valence-electron chi connectivity index (χ2n) is 6.67. The molecule has 1 unspecified atom stereocenters. The van der Waals surface area contributed by atoms with Gasteiger partial charge >= 0.3 is 0 Å². The van der Waals surface area contributed by atoms with Crippen LogP contribution in [0.1, 0.15) is 29.0 Å². The highest BCUT2D eigenvalue weighted by Gasteiger charge is 2.08. The standard InChI is InChI=1S/C24H19ClN2OS2/c1-16(28)18-5-3-7-21(15-18)30-24-26-13-12-22(27-24)23-11-10-20(29-23)9-8-17-4-2-6-19(25)14-17/h2-16,28H,1H3/b9-8+. The summed E-state index contributed by atoms with van der Waals surface area (Å²) in [4.78, 5) is 12.3. The first-order chi connectivity index (χ1) is 14.6. The summed E-state index contributed by atoms with van der Waals surface area (Å²) >= 11 is 9.21. The van der Waals surface area contributed by atoms with Crippen LogP contribution in [0.25, 0.3) is 22.7 Å². The maximum absolute atomic E-state index is 9.79. The van der Waals surface area contributed by atoms with Gasteiger partial charge < -0.3 is 5.11 Å². The highest BCUT2D eigenvalue weighted by Crippen LogP contribution is 2.31. The molecule has 2 heterocycles. The summed E-state index contributed by atoms with van der Waals surface area (Å²) in [6.45, 7) is 1.76. The van der Waals surface area contributed by atoms with Crippen molar-refractivity contribution in [3.05, 3.63) is 94.0 Å². The van der Waals surface area contributed by atoms with Gasteiger partial charge in [-0.2, -0.15) is 0 Å². The number of aromatic nitrogens is 2. The molecule has 1 N–H and O–H groups in total. The van der Waals surface area contributed by atoms with E-state index in [1.807, 2.05) is 54.6 Å². The largest absolute Gasteiger partial charge is 0.389 e. The third-order valence-electron chi connectivity index (χ3n) is 4.35. The molecule has 150 valence electrons. The first-order valence-corrected chi connectivity index (χ1v) is 11.4. The molecule has 2 aromatic heterocycles. The number of nitrogens with zero attached hydrogens (tertiary/aromatic N) is 2. The van der Waals surface area contributed by atoms with Crippen LogP contribution in [0, 0.1) is 0 Å². The Morgan fingerprint density at radius 1 is 1.03 bits per heavy atom. The van der Waals surface area contributed by atoms with Crippen LogP contribution in [0.2, 0.25) is 5.02 Å². The van der Waals surface area contributed by atoms with Gasteiger partial charge in [0, 0.05) is 21.0 Å². The number of rotatable bonds is 6. The lowest BCUT2D eigenvalue weighted by atomic mass is 10.1. The van der Waals surface area contributed by atoms with Crippen molar-refractivity contribution in [1.82, 2.24) is 9.97 Å². The summed E-state index contributed by atoms with van der Waals surface area (Å²) in [5.41, 5.74) is 2.84. The van der Waals surface area contributed by atoms with Crippen LogP contribution in [-0.2, 0) is 0 Å². The SMILES string of the molecule is CC(O)c1cccc(Sc2nccc(-c3ccc(/C=C/c4cccc(Cl)c4)s3)n2)c1. The second-order valence-corrected chi connectivity index (χ2v) is 9.26. The summed E-state index contributed by atoms with van der Waals surface area (Å²) in [6, 6.07) is 21.7. The van der Waals surface area contributed by atoms with Gasteiger partial charge in [-0.1, -0.05) is 41.9 Å². The van der Waals surface area contributed by atoms with Crippen LogP contribution in [0.3, 0.4) is 0 Å². The number of aliphatic hydroxyl groups is 1. The molecule has 3 nitrogen and oxygen atoms in total. The Morgan fingerprint density at radius 3 is 2.73 bits per heavy atom. The maximum atomic E-state index is 9.79. The maximum Gasteiger partial charge on any atom is 0.192 e. The molecular formula is C24H19ClN2OS2. The number of aliphatic hydroxyl groups excluding tert-OH is 1. The van der Waals surface area contributed by atoms with Crippen molar-refractivity contribution < 1.29 is 5.11 Å². The minimum atomic E-state index is -0.498. The van der Waals surface area contributed by atoms with E-state index in [2.05, 4.69) is 29.3 Å². The lowest BCUT2D eigenvalue weighted by Gasteiger charge is -2.07. The van der Waals surface area contributed by atoms with Crippen LogP contribution in [0.4, 0.5) is 0 Å². The molecule has 30 heavy (non-hydrogen) atoms. The first kappa shape index (κ1) is 20.8. The summed E-state index contributed by atoms with van der Waals surface area (Å²) in [6.07, 6.45) is 5.42. The number of hydrogen-bond donors (Lipinski definition) is 1. The molecule has 0 radical (unpaired) electrons. The monoisotopic (exact) mass is 450 g/mol. The van der Waals surface area contributed by atoms with Crippen molar-refractivity contribution in [2.45, 2.75) is 23.1 Å². The van der Waals surface area contributed by atoms with Crippen LogP contribution >= 0.6 is 34.7 Å². The molecule has 0 aliphatic heterocycles. The second kappa shape index (κ2) is 9.58. The van der Waals surface area contributed by atoms with E-state index >= 15 is 0 Å². The Morgan fingerprint density at radius 2 is 1.90 bits per heavy atom. The zero-order valence-corrected chi connectivity index (χ0v) is 18.6. The molecule has 1 atom stereocenters. The topological polar surface area (TPSA) is 46.0 Å². The van der Waals surface area contributed by atoms with E-state index in [0.717, 1.165) is 36.5 Å². The van der Waals surface area contributed by atoms with Gasteiger partial charge in [-0.15, -0.1) is 11.3 Å². The van der Waals surface area contributed by atoms with Crippen LogP contribution in [0.15, 0.2) is 83.0 Å². The zero-order valence-electron chi connectivity index (χ0n) is 16.2. The smallest absolute Gasteiger partial charge is 0.192 e. The minimum Gasteiger partial charge on any atom is -0.389 e. The van der Waals surface area contributed by atoms with Gasteiger partial charge in [0.05, 0.1) is 16.7 Å². The highest BCUT2D eigenvalue weighted by atomic mass is 35.5. The Kier molecular flexibility index (Phi) is 6.65. The summed E-state index contributed by atoms with van der Waals surface area (Å²) in [7, 11) is 0. The van der Waals surface area contributed by atoms with Gasteiger partial charge in [0.1, 0.15) is 0 Å². The van der Waals surface area contributed by atoms with Crippen molar-refractivity contribution in [3.8, 4) is 10.6 Å². The predicted octanol–water partition coefficient (Wildman–Crippen LogP) is 7.23. The predicted molar refractivity (Wildman–Crippen MR) is 127 cm³/mol. The van der Waals surface area contributed by atoms with Crippen molar-refractivity contribution in [2.75, 3.05) is 0 Å². The third kappa shape index (κ3) is 5.37. The fourth-order valence-electron chi connectivity index (χ4n) is 2.84. The van der Waals surface area contributed by atoms with Crippen LogP contribution in [0.5, 0.6) is 0 Å². The van der Waals surface area contributed by atoms with E-state index in [9.17, 15) is 5.11 Å². The lowest BCUT2D eigenvalue weighted by molar-refractivity contribution is 0.199. The normalized spacial score (nSPS) is 12.4. The average Bonchev–Trinajstić information content (AvgIpc) is 3.22. The Balaban J connectivity index is 1.51. The molecule has 0 spiro atoms. The quantitative estimate of drug-likeness (QED) is 0.314. The number of halogens is 1. The molecule has 4 aromatic rings. The Labute approximate surface area is 189 Å². The molecule has 0 aliphatic rings. The number of thiophene rings is 1. The highest BCUT2D eigenvalue weighted by molar-refractivity contribution is 7.99. The van der Waals surface area contributed by atoms with Crippen molar-refractivity contribution in [2.24, 2.45) is 0 Å². The lowest BCUT2D eigenvalue weighted by Crippen LogP contribution is -1.91. The minimum absolute atomic E-state index is 0.498. The van der Waals surface area contributed by atoms with Crippen LogP contribution in [-0.4, -0.2) is 15.1 Å². The fraction of sp³-hybridized carbons (Fsp3) is 0.0833. The van der Waals surface area contributed by atoms with Gasteiger partial charge in [-0.3, -0.25) is 0 Å². The summed E-state index contributed by atoms with van der Waals surface area (Å²) in [5.74, 6) is 0. The van der Waals surface area contributed by atoms with Crippen molar-refractivity contribution >= 4 is 46.9 Å². The number of hydrogen-bond acceptors (Lipinski definition) is 5. The molecule has 0 aliphatic carbocycles. The van der Waals surface area contributed by atoms with Gasteiger partial charge in [0.25, 0.3) is 0 Å². The Bertz CT molecular complexity index is 1190. The first-order valence-electron chi connectivity index (χ1n) is 9.39. The molecule has 0 saturated heterocycles. The Hall–Kier alpha value is -2.44. The van der Waals surface area contributed by atoms with E-state index in [4.69, 9.17) is 16.6 Å². The third-order valence-corrected chi connectivity index (χ3v) is 6.53. The molecule has 0 fully saturated rings. The molecule has 4 rings (SSSR count). The molecular weight excluding hydrogens is 432 g/mol. The van der Waals surface area contributed by atoms with Crippen molar-refractivity contribution in [3.63, 3.8) is 0 Å². The van der Waals surface area contributed by atoms with Gasteiger partial charge in [0.2, 0.25) is 0 Å². The van der Waals surface area contributed by atoms with E-state index in [-0.39, 0.29) is 0 Å². The molecule has 0 saturated carbocycles. The van der Waals surface area contributed by atoms with E-state index in [1.165, 1.54) is 11.8 Å².